The number of benzene rings is 3. The average Bonchev–Trinajstić information content (AvgIpc) is 2.72. The lowest BCUT2D eigenvalue weighted by atomic mass is 9.80. The van der Waals surface area contributed by atoms with Gasteiger partial charge in [-0.05, 0) is 46.9 Å². The summed E-state index contributed by atoms with van der Waals surface area (Å²) in [6.45, 7) is 4.01. The van der Waals surface area contributed by atoms with E-state index < -0.39 is 0 Å². The van der Waals surface area contributed by atoms with Gasteiger partial charge in [0, 0.05) is 11.3 Å². The molecule has 135 valence electrons. The molecule has 1 amide bonds. The fourth-order valence-electron chi connectivity index (χ4n) is 3.93. The van der Waals surface area contributed by atoms with Crippen molar-refractivity contribution >= 4 is 12.1 Å². The molecule has 1 atom stereocenters. The van der Waals surface area contributed by atoms with Crippen LogP contribution in [0.1, 0.15) is 24.4 Å². The normalized spacial score (nSPS) is 12.4. The monoisotopic (exact) mass is 356 g/mol. The van der Waals surface area contributed by atoms with E-state index in [1.807, 2.05) is 36.4 Å². The maximum absolute atomic E-state index is 12.1. The number of amides is 1. The third-order valence-electron chi connectivity index (χ3n) is 5.23. The summed E-state index contributed by atoms with van der Waals surface area (Å²) in [6.07, 6.45) is 2.40. The Balaban J connectivity index is 1.74. The molecule has 1 aliphatic rings. The van der Waals surface area contributed by atoms with Crippen molar-refractivity contribution in [3.05, 3.63) is 79.2 Å². The van der Waals surface area contributed by atoms with Crippen LogP contribution in [0.25, 0.3) is 22.3 Å². The number of hydrogen-bond donors (Lipinski definition) is 0. The lowest BCUT2D eigenvalue weighted by Crippen LogP contribution is -2.27. The summed E-state index contributed by atoms with van der Waals surface area (Å²) in [5.41, 5.74) is 6.85. The highest BCUT2D eigenvalue weighted by Crippen LogP contribution is 2.48. The van der Waals surface area contributed by atoms with E-state index in [4.69, 9.17) is 4.74 Å². The minimum Gasteiger partial charge on any atom is -0.496 e. The highest BCUT2D eigenvalue weighted by atomic mass is 16.5. The number of rotatable bonds is 7. The maximum atomic E-state index is 12.1. The number of hydrogen-bond acceptors (Lipinski definition) is 2. The van der Waals surface area contributed by atoms with Crippen LogP contribution in [-0.2, 0) is 4.79 Å². The Hall–Kier alpha value is -3.07. The Morgan fingerprint density at radius 3 is 2.33 bits per heavy atom. The third-order valence-corrected chi connectivity index (χ3v) is 5.23. The lowest BCUT2D eigenvalue weighted by Gasteiger charge is -2.32. The van der Waals surface area contributed by atoms with Crippen LogP contribution in [0.3, 0.4) is 0 Å². The summed E-state index contributed by atoms with van der Waals surface area (Å²) in [6, 6.07) is 22.3. The van der Waals surface area contributed by atoms with Gasteiger partial charge in [0.15, 0.2) is 0 Å². The zero-order valence-electron chi connectivity index (χ0n) is 15.4. The molecule has 27 heavy (non-hydrogen) atoms. The van der Waals surface area contributed by atoms with Gasteiger partial charge in [0.1, 0.15) is 5.75 Å². The molecule has 1 radical (unpaired) electrons. The summed E-state index contributed by atoms with van der Waals surface area (Å²) in [4.78, 5) is 13.9. The van der Waals surface area contributed by atoms with E-state index >= 15 is 0 Å². The van der Waals surface area contributed by atoms with Gasteiger partial charge < -0.3 is 9.64 Å². The molecule has 0 aromatic heterocycles. The Morgan fingerprint density at radius 1 is 0.963 bits per heavy atom. The molecule has 0 fully saturated rings. The van der Waals surface area contributed by atoms with Crippen LogP contribution in [0, 0.1) is 6.92 Å². The molecular formula is C24H22NO2. The molecule has 0 bridgehead atoms. The predicted octanol–water partition coefficient (Wildman–Crippen LogP) is 5.66. The second-order valence-electron chi connectivity index (χ2n) is 6.69. The first-order chi connectivity index (χ1) is 13.3. The topological polar surface area (TPSA) is 29.5 Å². The Kier molecular flexibility index (Phi) is 4.68. The van der Waals surface area contributed by atoms with E-state index in [-0.39, 0.29) is 6.04 Å². The number of ether oxygens (including phenoxy) is 1. The van der Waals surface area contributed by atoms with Crippen molar-refractivity contribution in [3.8, 4) is 28.0 Å². The fraction of sp³-hybridized carbons (Fsp3) is 0.167. The Morgan fingerprint density at radius 2 is 1.63 bits per heavy atom. The van der Waals surface area contributed by atoms with Gasteiger partial charge in [-0.3, -0.25) is 4.79 Å². The SMILES string of the molecule is [CH2]CCC(c1ccccc1OC)N(C=O)c1ccc2c(c1)-c1ccccc1-2. The maximum Gasteiger partial charge on any atom is 0.214 e. The van der Waals surface area contributed by atoms with E-state index in [0.717, 1.165) is 36.3 Å². The summed E-state index contributed by atoms with van der Waals surface area (Å²) in [5.74, 6) is 0.789. The molecule has 0 spiro atoms. The summed E-state index contributed by atoms with van der Waals surface area (Å²) >= 11 is 0. The highest BCUT2D eigenvalue weighted by molar-refractivity contribution is 6.03. The molecule has 1 aliphatic carbocycles. The largest absolute Gasteiger partial charge is 0.496 e. The second kappa shape index (κ2) is 7.28. The molecule has 3 aromatic carbocycles. The van der Waals surface area contributed by atoms with Crippen LogP contribution < -0.4 is 9.64 Å². The van der Waals surface area contributed by atoms with Gasteiger partial charge in [-0.25, -0.2) is 0 Å². The smallest absolute Gasteiger partial charge is 0.214 e. The summed E-state index contributed by atoms with van der Waals surface area (Å²) < 4.78 is 5.54. The van der Waals surface area contributed by atoms with Gasteiger partial charge in [-0.1, -0.05) is 61.9 Å². The number of fused-ring (bicyclic) bond motifs is 4. The minimum absolute atomic E-state index is 0.121. The quantitative estimate of drug-likeness (QED) is 0.400. The van der Waals surface area contributed by atoms with Gasteiger partial charge in [0.05, 0.1) is 13.2 Å². The van der Waals surface area contributed by atoms with E-state index in [9.17, 15) is 4.79 Å². The first kappa shape index (κ1) is 17.3. The van der Waals surface area contributed by atoms with Crippen LogP contribution in [-0.4, -0.2) is 13.5 Å². The van der Waals surface area contributed by atoms with Gasteiger partial charge >= 0.3 is 0 Å². The number of anilines is 1. The standard InChI is InChI=1S/C24H22NO2/c1-3-8-23(21-11-6-7-12-24(21)27-2)25(16-26)17-13-14-20-18-9-4-5-10-19(18)22(20)15-17/h4-7,9-16,23H,1,3,8H2,2H3. The highest BCUT2D eigenvalue weighted by Gasteiger charge is 2.26. The second-order valence-corrected chi connectivity index (χ2v) is 6.69. The number of carbonyl (C=O) groups excluding carboxylic acids is 1. The Labute approximate surface area is 160 Å². The van der Waals surface area contributed by atoms with Crippen molar-refractivity contribution in [1.82, 2.24) is 0 Å². The van der Waals surface area contributed by atoms with E-state index in [0.29, 0.717) is 0 Å². The number of para-hydroxylation sites is 1. The molecule has 0 N–H and O–H groups in total. The number of nitrogens with zero attached hydrogens (tertiary/aromatic N) is 1. The molecule has 1 unspecified atom stereocenters. The Bertz CT molecular complexity index is 980. The molecule has 0 heterocycles. The molecule has 0 saturated carbocycles. The van der Waals surface area contributed by atoms with Crippen molar-refractivity contribution in [2.24, 2.45) is 0 Å². The van der Waals surface area contributed by atoms with Crippen LogP contribution >= 0.6 is 0 Å². The zero-order chi connectivity index (χ0) is 18.8. The van der Waals surface area contributed by atoms with E-state index in [1.54, 1.807) is 12.0 Å². The minimum atomic E-state index is -0.121. The van der Waals surface area contributed by atoms with E-state index in [1.165, 1.54) is 22.3 Å². The lowest BCUT2D eigenvalue weighted by molar-refractivity contribution is -0.108. The molecule has 4 rings (SSSR count). The predicted molar refractivity (Wildman–Crippen MR) is 110 cm³/mol. The van der Waals surface area contributed by atoms with Crippen molar-refractivity contribution in [2.75, 3.05) is 12.0 Å². The van der Waals surface area contributed by atoms with Crippen LogP contribution in [0.15, 0.2) is 66.7 Å². The van der Waals surface area contributed by atoms with Crippen molar-refractivity contribution in [3.63, 3.8) is 0 Å². The first-order valence-electron chi connectivity index (χ1n) is 9.18. The molecular weight excluding hydrogens is 334 g/mol. The number of methoxy groups -OCH3 is 1. The van der Waals surface area contributed by atoms with Gasteiger partial charge in [-0.2, -0.15) is 0 Å². The fourth-order valence-corrected chi connectivity index (χ4v) is 3.93. The molecule has 0 saturated heterocycles. The molecule has 3 aromatic rings. The van der Waals surface area contributed by atoms with Crippen molar-refractivity contribution in [2.45, 2.75) is 18.9 Å². The average molecular weight is 356 g/mol. The van der Waals surface area contributed by atoms with Crippen LogP contribution in [0.5, 0.6) is 5.75 Å². The summed E-state index contributed by atoms with van der Waals surface area (Å²) in [7, 11) is 1.66. The van der Waals surface area contributed by atoms with Crippen molar-refractivity contribution in [1.29, 1.82) is 0 Å². The van der Waals surface area contributed by atoms with E-state index in [2.05, 4.69) is 37.3 Å². The molecule has 0 aliphatic heterocycles. The van der Waals surface area contributed by atoms with Gasteiger partial charge in [0.2, 0.25) is 6.41 Å². The zero-order valence-corrected chi connectivity index (χ0v) is 15.4. The molecule has 3 heteroatoms. The molecule has 3 nitrogen and oxygen atoms in total. The number of carbonyl (C=O) groups is 1. The van der Waals surface area contributed by atoms with Gasteiger partial charge in [0.25, 0.3) is 0 Å². The van der Waals surface area contributed by atoms with Crippen LogP contribution in [0.4, 0.5) is 5.69 Å². The first-order valence-corrected chi connectivity index (χ1v) is 9.18. The van der Waals surface area contributed by atoms with Crippen molar-refractivity contribution < 1.29 is 9.53 Å². The van der Waals surface area contributed by atoms with Crippen LogP contribution in [0.2, 0.25) is 0 Å². The summed E-state index contributed by atoms with van der Waals surface area (Å²) in [5, 5.41) is 0. The van der Waals surface area contributed by atoms with Gasteiger partial charge in [-0.15, -0.1) is 0 Å². The third kappa shape index (κ3) is 2.89.